The van der Waals surface area contributed by atoms with E-state index in [-0.39, 0.29) is 11.2 Å². The summed E-state index contributed by atoms with van der Waals surface area (Å²) in [7, 11) is 0. The average Bonchev–Trinajstić information content (AvgIpc) is 2.59. The van der Waals surface area contributed by atoms with Gasteiger partial charge in [-0.2, -0.15) is 10.5 Å². The fourth-order valence-electron chi connectivity index (χ4n) is 0.958. The predicted molar refractivity (Wildman–Crippen MR) is 51.4 cm³/mol. The standard InChI is InChI=1S/C5H4N4O3.C2N2/c10-3-1-2(7-4(11)6-1)8-5(12)9-3;3-1-2-4/h(H4,6,7,8,9,10,11,12);. The van der Waals surface area contributed by atoms with Crippen LogP contribution < -0.4 is 16.9 Å². The number of rotatable bonds is 0. The Labute approximate surface area is 86.0 Å². The van der Waals surface area contributed by atoms with Gasteiger partial charge < -0.3 is 0 Å². The van der Waals surface area contributed by atoms with Crippen LogP contribution in [-0.2, 0) is 0 Å². The van der Waals surface area contributed by atoms with Gasteiger partial charge in [0, 0.05) is 0 Å². The van der Waals surface area contributed by atoms with E-state index in [0.717, 1.165) is 0 Å². The molecule has 0 aliphatic heterocycles. The van der Waals surface area contributed by atoms with Crippen LogP contribution >= 0.6 is 0 Å². The number of imidazole rings is 1. The summed E-state index contributed by atoms with van der Waals surface area (Å²) < 4.78 is 0. The molecule has 2 rings (SSSR count). The average molecular weight is 220 g/mol. The second-order valence-electron chi connectivity index (χ2n) is 2.46. The molecule has 0 aliphatic carbocycles. The smallest absolute Gasteiger partial charge is 0.300 e. The number of aromatic nitrogens is 4. The topological polar surface area (TPSA) is 162 Å². The molecular formula is C7H4N6O3. The second-order valence-corrected chi connectivity index (χ2v) is 2.46. The SMILES string of the molecule is N#CC#N.O=c1[nH]c(=O)c2[nH]c(=O)[nH]c2[nH]1. The van der Waals surface area contributed by atoms with Gasteiger partial charge in [-0.05, 0) is 0 Å². The van der Waals surface area contributed by atoms with Crippen molar-refractivity contribution in [2.24, 2.45) is 0 Å². The number of hydrogen-bond donors (Lipinski definition) is 4. The van der Waals surface area contributed by atoms with Gasteiger partial charge in [-0.3, -0.25) is 24.7 Å². The second kappa shape index (κ2) is 4.43. The molecular weight excluding hydrogens is 216 g/mol. The van der Waals surface area contributed by atoms with Gasteiger partial charge in [0.05, 0.1) is 0 Å². The largest absolute Gasteiger partial charge is 0.327 e. The van der Waals surface area contributed by atoms with Crippen molar-refractivity contribution in [1.82, 2.24) is 19.9 Å². The van der Waals surface area contributed by atoms with Crippen LogP contribution in [0.3, 0.4) is 0 Å². The van der Waals surface area contributed by atoms with Gasteiger partial charge in [0.2, 0.25) is 0 Å². The summed E-state index contributed by atoms with van der Waals surface area (Å²) in [5.41, 5.74) is -1.65. The number of fused-ring (bicyclic) bond motifs is 1. The van der Waals surface area contributed by atoms with E-state index in [4.69, 9.17) is 10.5 Å². The molecule has 0 amide bonds. The zero-order valence-electron chi connectivity index (χ0n) is 7.62. The van der Waals surface area contributed by atoms with Gasteiger partial charge >= 0.3 is 11.4 Å². The molecule has 0 aromatic carbocycles. The van der Waals surface area contributed by atoms with Crippen molar-refractivity contribution in [3.63, 3.8) is 0 Å². The zero-order chi connectivity index (χ0) is 12.1. The highest BCUT2D eigenvalue weighted by Crippen LogP contribution is 1.88. The third kappa shape index (κ3) is 2.24. The number of H-pyrrole nitrogens is 4. The molecule has 16 heavy (non-hydrogen) atoms. The molecule has 0 atom stereocenters. The van der Waals surface area contributed by atoms with Crippen LogP contribution in [-0.4, -0.2) is 19.9 Å². The normalized spacial score (nSPS) is 8.62. The number of nitrogens with one attached hydrogen (secondary N) is 4. The zero-order valence-corrected chi connectivity index (χ0v) is 7.62. The predicted octanol–water partition coefficient (Wildman–Crippen LogP) is -1.73. The Bertz CT molecular complexity index is 733. The summed E-state index contributed by atoms with van der Waals surface area (Å²) in [6.45, 7) is 0. The molecule has 0 saturated carbocycles. The fraction of sp³-hybridized carbons (Fsp3) is 0. The van der Waals surface area contributed by atoms with Crippen molar-refractivity contribution in [3.05, 3.63) is 31.3 Å². The molecule has 0 radical (unpaired) electrons. The van der Waals surface area contributed by atoms with Crippen LogP contribution in [0.25, 0.3) is 11.2 Å². The fourth-order valence-corrected chi connectivity index (χ4v) is 0.958. The Hall–Kier alpha value is -3.07. The summed E-state index contributed by atoms with van der Waals surface area (Å²) >= 11 is 0. The molecule has 9 heteroatoms. The van der Waals surface area contributed by atoms with E-state index in [0.29, 0.717) is 0 Å². The molecule has 0 aliphatic rings. The first-order valence-corrected chi connectivity index (χ1v) is 3.81. The number of nitriles is 2. The summed E-state index contributed by atoms with van der Waals surface area (Å²) in [6.07, 6.45) is 0. The van der Waals surface area contributed by atoms with Crippen LogP contribution in [0.5, 0.6) is 0 Å². The van der Waals surface area contributed by atoms with Crippen molar-refractivity contribution in [2.45, 2.75) is 0 Å². The molecule has 2 heterocycles. The molecule has 9 nitrogen and oxygen atoms in total. The molecule has 2 aromatic rings. The summed E-state index contributed by atoms with van der Waals surface area (Å²) in [5.74, 6) is 0. The van der Waals surface area contributed by atoms with Crippen LogP contribution in [0, 0.1) is 22.7 Å². The molecule has 2 aromatic heterocycles. The van der Waals surface area contributed by atoms with E-state index in [1.54, 1.807) is 0 Å². The maximum absolute atomic E-state index is 10.9. The lowest BCUT2D eigenvalue weighted by Gasteiger charge is -1.83. The van der Waals surface area contributed by atoms with Gasteiger partial charge in [0.25, 0.3) is 5.56 Å². The Morgan fingerprint density at radius 2 is 1.31 bits per heavy atom. The minimum atomic E-state index is -0.650. The van der Waals surface area contributed by atoms with E-state index in [9.17, 15) is 14.4 Å². The van der Waals surface area contributed by atoms with E-state index >= 15 is 0 Å². The lowest BCUT2D eigenvalue weighted by molar-refractivity contribution is 1.07. The molecule has 0 fully saturated rings. The third-order valence-electron chi connectivity index (χ3n) is 1.47. The number of aromatic amines is 4. The van der Waals surface area contributed by atoms with Crippen molar-refractivity contribution in [3.8, 4) is 12.1 Å². The Morgan fingerprint density at radius 1 is 0.812 bits per heavy atom. The van der Waals surface area contributed by atoms with Gasteiger partial charge in [-0.1, -0.05) is 0 Å². The van der Waals surface area contributed by atoms with Crippen LogP contribution in [0.2, 0.25) is 0 Å². The van der Waals surface area contributed by atoms with Crippen molar-refractivity contribution < 1.29 is 0 Å². The first kappa shape index (κ1) is 11.0. The van der Waals surface area contributed by atoms with Crippen LogP contribution in [0.1, 0.15) is 0 Å². The first-order chi connectivity index (χ1) is 7.58. The maximum atomic E-state index is 10.9. The minimum absolute atomic E-state index is 0.0413. The van der Waals surface area contributed by atoms with E-state index in [1.807, 2.05) is 4.98 Å². The third-order valence-corrected chi connectivity index (χ3v) is 1.47. The highest BCUT2D eigenvalue weighted by molar-refractivity contribution is 5.67. The molecule has 0 bridgehead atoms. The van der Waals surface area contributed by atoms with Crippen molar-refractivity contribution in [1.29, 1.82) is 10.5 Å². The Kier molecular flexibility index (Phi) is 3.05. The minimum Gasteiger partial charge on any atom is -0.300 e. The summed E-state index contributed by atoms with van der Waals surface area (Å²) in [6, 6.07) is 2.47. The molecule has 0 unspecified atom stereocenters. The highest BCUT2D eigenvalue weighted by Gasteiger charge is 2.02. The lowest BCUT2D eigenvalue weighted by Crippen LogP contribution is -2.21. The Morgan fingerprint density at radius 3 is 1.81 bits per heavy atom. The quantitative estimate of drug-likeness (QED) is 0.413. The van der Waals surface area contributed by atoms with E-state index < -0.39 is 16.9 Å². The van der Waals surface area contributed by atoms with Gasteiger partial charge in [0.1, 0.15) is 11.2 Å². The Balaban J connectivity index is 0.000000280. The molecule has 0 saturated heterocycles. The van der Waals surface area contributed by atoms with E-state index in [2.05, 4.69) is 15.0 Å². The summed E-state index contributed by atoms with van der Waals surface area (Å²) in [4.78, 5) is 41.0. The van der Waals surface area contributed by atoms with Crippen LogP contribution in [0.15, 0.2) is 14.4 Å². The maximum Gasteiger partial charge on any atom is 0.327 e. The van der Waals surface area contributed by atoms with E-state index in [1.165, 1.54) is 12.1 Å². The van der Waals surface area contributed by atoms with Crippen molar-refractivity contribution in [2.75, 3.05) is 0 Å². The van der Waals surface area contributed by atoms with Crippen molar-refractivity contribution >= 4 is 11.2 Å². The lowest BCUT2D eigenvalue weighted by atomic mass is 10.5. The summed E-state index contributed by atoms with van der Waals surface area (Å²) in [5, 5.41) is 14.5. The van der Waals surface area contributed by atoms with Crippen LogP contribution in [0.4, 0.5) is 0 Å². The van der Waals surface area contributed by atoms with Gasteiger partial charge in [-0.25, -0.2) is 9.59 Å². The highest BCUT2D eigenvalue weighted by atomic mass is 16.2. The number of nitrogens with zero attached hydrogens (tertiary/aromatic N) is 2. The molecule has 4 N–H and O–H groups in total. The monoisotopic (exact) mass is 220 g/mol. The molecule has 80 valence electrons. The molecule has 0 spiro atoms. The van der Waals surface area contributed by atoms with Gasteiger partial charge in [0.15, 0.2) is 12.1 Å². The first-order valence-electron chi connectivity index (χ1n) is 3.81. The van der Waals surface area contributed by atoms with Gasteiger partial charge in [-0.15, -0.1) is 0 Å². The number of hydrogen-bond acceptors (Lipinski definition) is 5.